The number of benzene rings is 3. The lowest BCUT2D eigenvalue weighted by Gasteiger charge is -2.24. The predicted octanol–water partition coefficient (Wildman–Crippen LogP) is 4.23. The van der Waals surface area contributed by atoms with Gasteiger partial charge in [-0.2, -0.15) is 0 Å². The van der Waals surface area contributed by atoms with Gasteiger partial charge in [-0.3, -0.25) is 9.10 Å². The summed E-state index contributed by atoms with van der Waals surface area (Å²) in [7, 11) is -2.66. The average Bonchev–Trinajstić information content (AvgIpc) is 2.83. The standard InChI is InChI=1S/C24H23FN2O5S/c1-3-16-32-22-10-6-19(7-11-22)26-24(28)17-27(20-8-4-18(25)5-9-20)33(29,30)23-14-12-21(31-2)13-15-23/h3-15H,1,16-17H2,2H3,(H,26,28). The second-order valence-electron chi connectivity index (χ2n) is 6.84. The molecule has 0 heterocycles. The van der Waals surface area contributed by atoms with Gasteiger partial charge in [-0.1, -0.05) is 12.7 Å². The molecule has 0 aromatic heterocycles. The monoisotopic (exact) mass is 470 g/mol. The molecule has 0 fully saturated rings. The number of amides is 1. The van der Waals surface area contributed by atoms with Gasteiger partial charge >= 0.3 is 0 Å². The molecular weight excluding hydrogens is 447 g/mol. The van der Waals surface area contributed by atoms with E-state index in [0.29, 0.717) is 23.8 Å². The number of methoxy groups -OCH3 is 1. The first kappa shape index (κ1) is 23.8. The lowest BCUT2D eigenvalue weighted by molar-refractivity contribution is -0.114. The Morgan fingerprint density at radius 3 is 2.18 bits per heavy atom. The van der Waals surface area contributed by atoms with Crippen LogP contribution in [0.3, 0.4) is 0 Å². The van der Waals surface area contributed by atoms with Crippen LogP contribution >= 0.6 is 0 Å². The molecule has 33 heavy (non-hydrogen) atoms. The average molecular weight is 471 g/mol. The molecule has 0 saturated heterocycles. The summed E-state index contributed by atoms with van der Waals surface area (Å²) in [5.74, 6) is -0.0107. The van der Waals surface area contributed by atoms with E-state index in [1.54, 1.807) is 30.3 Å². The number of nitrogens with one attached hydrogen (secondary N) is 1. The number of sulfonamides is 1. The number of rotatable bonds is 10. The van der Waals surface area contributed by atoms with E-state index >= 15 is 0 Å². The van der Waals surface area contributed by atoms with Gasteiger partial charge in [0, 0.05) is 5.69 Å². The highest BCUT2D eigenvalue weighted by atomic mass is 32.2. The van der Waals surface area contributed by atoms with Crippen molar-refractivity contribution in [3.63, 3.8) is 0 Å². The summed E-state index contributed by atoms with van der Waals surface area (Å²) >= 11 is 0. The first-order valence-electron chi connectivity index (χ1n) is 9.89. The van der Waals surface area contributed by atoms with Gasteiger partial charge in [0.25, 0.3) is 10.0 Å². The number of carbonyl (C=O) groups is 1. The molecule has 3 rings (SSSR count). The molecule has 1 N–H and O–H groups in total. The Hall–Kier alpha value is -3.85. The van der Waals surface area contributed by atoms with Gasteiger partial charge in [0.1, 0.15) is 30.5 Å². The fraction of sp³-hybridized carbons (Fsp3) is 0.125. The van der Waals surface area contributed by atoms with Crippen molar-refractivity contribution in [3.05, 3.63) is 91.3 Å². The summed E-state index contributed by atoms with van der Waals surface area (Å²) in [5, 5.41) is 2.66. The van der Waals surface area contributed by atoms with Crippen LogP contribution in [-0.2, 0) is 14.8 Å². The van der Waals surface area contributed by atoms with Crippen molar-refractivity contribution in [1.29, 1.82) is 0 Å². The van der Waals surface area contributed by atoms with Gasteiger partial charge in [-0.25, -0.2) is 12.8 Å². The van der Waals surface area contributed by atoms with Crippen molar-refractivity contribution in [1.82, 2.24) is 0 Å². The highest BCUT2D eigenvalue weighted by molar-refractivity contribution is 7.92. The maximum absolute atomic E-state index is 13.4. The van der Waals surface area contributed by atoms with E-state index in [1.165, 1.54) is 43.5 Å². The largest absolute Gasteiger partial charge is 0.497 e. The molecule has 3 aromatic rings. The Balaban J connectivity index is 1.84. The Morgan fingerprint density at radius 2 is 1.61 bits per heavy atom. The number of hydrogen-bond acceptors (Lipinski definition) is 5. The van der Waals surface area contributed by atoms with Crippen LogP contribution in [0.2, 0.25) is 0 Å². The molecule has 7 nitrogen and oxygen atoms in total. The second-order valence-corrected chi connectivity index (χ2v) is 8.70. The van der Waals surface area contributed by atoms with E-state index in [-0.39, 0.29) is 10.6 Å². The zero-order valence-corrected chi connectivity index (χ0v) is 18.7. The van der Waals surface area contributed by atoms with Crippen LogP contribution in [0, 0.1) is 5.82 Å². The number of halogens is 1. The summed E-state index contributed by atoms with van der Waals surface area (Å²) in [4.78, 5) is 12.7. The minimum atomic E-state index is -4.13. The SMILES string of the molecule is C=CCOc1ccc(NC(=O)CN(c2ccc(F)cc2)S(=O)(=O)c2ccc(OC)cc2)cc1. The molecule has 0 radical (unpaired) electrons. The van der Waals surface area contributed by atoms with Crippen molar-refractivity contribution >= 4 is 27.3 Å². The summed E-state index contributed by atoms with van der Waals surface area (Å²) in [6.45, 7) is 3.41. The van der Waals surface area contributed by atoms with Crippen molar-refractivity contribution in [2.45, 2.75) is 4.90 Å². The minimum absolute atomic E-state index is 0.0378. The van der Waals surface area contributed by atoms with Crippen LogP contribution in [0.1, 0.15) is 0 Å². The smallest absolute Gasteiger partial charge is 0.264 e. The fourth-order valence-electron chi connectivity index (χ4n) is 2.92. The first-order valence-corrected chi connectivity index (χ1v) is 11.3. The topological polar surface area (TPSA) is 84.9 Å². The highest BCUT2D eigenvalue weighted by Gasteiger charge is 2.27. The lowest BCUT2D eigenvalue weighted by Crippen LogP contribution is -2.38. The van der Waals surface area contributed by atoms with E-state index in [4.69, 9.17) is 9.47 Å². The van der Waals surface area contributed by atoms with Crippen LogP contribution in [0.5, 0.6) is 11.5 Å². The van der Waals surface area contributed by atoms with Gasteiger partial charge in [-0.05, 0) is 72.8 Å². The minimum Gasteiger partial charge on any atom is -0.497 e. The molecule has 0 aliphatic heterocycles. The molecule has 1 amide bonds. The third kappa shape index (κ3) is 6.11. The van der Waals surface area contributed by atoms with Crippen LogP contribution in [0.25, 0.3) is 0 Å². The van der Waals surface area contributed by atoms with E-state index in [1.807, 2.05) is 0 Å². The Morgan fingerprint density at radius 1 is 1.00 bits per heavy atom. The van der Waals surface area contributed by atoms with Gasteiger partial charge in [0.2, 0.25) is 5.91 Å². The summed E-state index contributed by atoms with van der Waals surface area (Å²) in [6, 6.07) is 17.2. The number of carbonyl (C=O) groups excluding carboxylic acids is 1. The maximum Gasteiger partial charge on any atom is 0.264 e. The zero-order chi connectivity index (χ0) is 23.8. The summed E-state index contributed by atoms with van der Waals surface area (Å²) < 4.78 is 51.5. The Kier molecular flexibility index (Phi) is 7.68. The molecule has 3 aromatic carbocycles. The molecule has 0 saturated carbocycles. The van der Waals surface area contributed by atoms with Crippen LogP contribution in [0.15, 0.2) is 90.3 Å². The third-order valence-corrected chi connectivity index (χ3v) is 6.34. The number of nitrogens with zero attached hydrogens (tertiary/aromatic N) is 1. The van der Waals surface area contributed by atoms with E-state index in [9.17, 15) is 17.6 Å². The molecule has 0 spiro atoms. The molecule has 0 bridgehead atoms. The van der Waals surface area contributed by atoms with Crippen molar-refractivity contribution in [2.24, 2.45) is 0 Å². The number of hydrogen-bond donors (Lipinski definition) is 1. The number of anilines is 2. The molecule has 0 atom stereocenters. The van der Waals surface area contributed by atoms with Crippen molar-refractivity contribution < 1.29 is 27.1 Å². The van der Waals surface area contributed by atoms with Gasteiger partial charge in [0.15, 0.2) is 0 Å². The van der Waals surface area contributed by atoms with Crippen molar-refractivity contribution in [2.75, 3.05) is 29.9 Å². The van der Waals surface area contributed by atoms with E-state index < -0.39 is 28.3 Å². The van der Waals surface area contributed by atoms with E-state index in [0.717, 1.165) is 16.4 Å². The first-order chi connectivity index (χ1) is 15.8. The zero-order valence-electron chi connectivity index (χ0n) is 17.9. The normalized spacial score (nSPS) is 10.8. The van der Waals surface area contributed by atoms with Crippen LogP contribution < -0.4 is 19.1 Å². The quantitative estimate of drug-likeness (QED) is 0.448. The summed E-state index contributed by atoms with van der Waals surface area (Å²) in [5.41, 5.74) is 0.613. The summed E-state index contributed by atoms with van der Waals surface area (Å²) in [6.07, 6.45) is 1.61. The third-order valence-electron chi connectivity index (χ3n) is 4.56. The lowest BCUT2D eigenvalue weighted by atomic mass is 10.3. The number of ether oxygens (including phenoxy) is 2. The molecule has 9 heteroatoms. The van der Waals surface area contributed by atoms with Crippen LogP contribution in [-0.4, -0.2) is 34.6 Å². The van der Waals surface area contributed by atoms with Gasteiger partial charge in [0.05, 0.1) is 17.7 Å². The van der Waals surface area contributed by atoms with Gasteiger partial charge < -0.3 is 14.8 Å². The maximum atomic E-state index is 13.4. The van der Waals surface area contributed by atoms with Crippen molar-refractivity contribution in [3.8, 4) is 11.5 Å². The Bertz CT molecular complexity index is 1200. The van der Waals surface area contributed by atoms with Crippen LogP contribution in [0.4, 0.5) is 15.8 Å². The van der Waals surface area contributed by atoms with Gasteiger partial charge in [-0.15, -0.1) is 0 Å². The molecule has 0 aliphatic rings. The second kappa shape index (κ2) is 10.6. The fourth-order valence-corrected chi connectivity index (χ4v) is 4.34. The Labute approximate surface area is 192 Å². The molecular formula is C24H23FN2O5S. The predicted molar refractivity (Wildman–Crippen MR) is 125 cm³/mol. The highest BCUT2D eigenvalue weighted by Crippen LogP contribution is 2.26. The molecule has 172 valence electrons. The van der Waals surface area contributed by atoms with E-state index in [2.05, 4.69) is 11.9 Å². The molecule has 0 aliphatic carbocycles. The molecule has 0 unspecified atom stereocenters.